The summed E-state index contributed by atoms with van der Waals surface area (Å²) in [6.45, 7) is 0.810. The lowest BCUT2D eigenvalue weighted by molar-refractivity contribution is -0.141. The largest absolute Gasteiger partial charge is 0.480 e. The molecule has 2 amide bonds. The summed E-state index contributed by atoms with van der Waals surface area (Å²) in [5, 5.41) is 11.4. The van der Waals surface area contributed by atoms with Gasteiger partial charge in [-0.3, -0.25) is 14.4 Å². The number of fused-ring (bicyclic) bond motifs is 1. The number of carbonyl (C=O) groups excluding carboxylic acids is 3. The molecule has 0 aliphatic carbocycles. The first-order valence-electron chi connectivity index (χ1n) is 5.97. The fourth-order valence-corrected chi connectivity index (χ4v) is 2.35. The van der Waals surface area contributed by atoms with E-state index in [1.54, 1.807) is 6.07 Å². The maximum Gasteiger partial charge on any atom is 0.328 e. The Kier molecular flexibility index (Phi) is 3.95. The minimum absolute atomic E-state index is 0.0520. The van der Waals surface area contributed by atoms with Crippen molar-refractivity contribution in [2.75, 3.05) is 11.4 Å². The molecule has 0 bridgehead atoms. The van der Waals surface area contributed by atoms with Gasteiger partial charge in [0.05, 0.1) is 22.8 Å². The zero-order valence-electron chi connectivity index (χ0n) is 10.9. The molecule has 7 nitrogen and oxygen atoms in total. The zero-order chi connectivity index (χ0) is 15.7. The van der Waals surface area contributed by atoms with Crippen molar-refractivity contribution in [3.05, 3.63) is 28.8 Å². The van der Waals surface area contributed by atoms with Gasteiger partial charge in [0.2, 0.25) is 5.91 Å². The summed E-state index contributed by atoms with van der Waals surface area (Å²) in [5.74, 6) is -3.51. The summed E-state index contributed by atoms with van der Waals surface area (Å²) < 4.78 is 0. The van der Waals surface area contributed by atoms with Gasteiger partial charge in [0.15, 0.2) is 0 Å². The highest BCUT2D eigenvalue weighted by Gasteiger charge is 2.39. The summed E-state index contributed by atoms with van der Waals surface area (Å²) in [5.41, 5.74) is 0.297. The van der Waals surface area contributed by atoms with Crippen LogP contribution in [-0.4, -0.2) is 41.3 Å². The molecule has 21 heavy (non-hydrogen) atoms. The SMILES string of the molecule is CC(=O)NC(CN1C(=O)C(=O)c2c(Cl)cccc21)C(=O)O. The van der Waals surface area contributed by atoms with E-state index < -0.39 is 29.6 Å². The standard InChI is InChI=1S/C13H11ClN2O5/c1-6(17)15-8(13(20)21)5-16-9-4-2-3-7(14)10(9)11(18)12(16)19/h2-4,8H,5H2,1H3,(H,15,17)(H,20,21). The number of carboxylic acid groups (broad SMARTS) is 1. The van der Waals surface area contributed by atoms with Gasteiger partial charge in [-0.15, -0.1) is 0 Å². The van der Waals surface area contributed by atoms with E-state index in [0.717, 1.165) is 11.8 Å². The number of benzene rings is 1. The van der Waals surface area contributed by atoms with Crippen LogP contribution in [0.5, 0.6) is 0 Å². The third-order valence-electron chi connectivity index (χ3n) is 2.99. The average Bonchev–Trinajstić information content (AvgIpc) is 2.63. The summed E-state index contributed by atoms with van der Waals surface area (Å²) in [6.07, 6.45) is 0. The Morgan fingerprint density at radius 3 is 2.62 bits per heavy atom. The molecule has 1 unspecified atom stereocenters. The van der Waals surface area contributed by atoms with Crippen molar-refractivity contribution in [1.29, 1.82) is 0 Å². The first kappa shape index (κ1) is 15.0. The van der Waals surface area contributed by atoms with Crippen molar-refractivity contribution in [3.63, 3.8) is 0 Å². The molecular formula is C13H11ClN2O5. The molecule has 1 aliphatic rings. The Balaban J connectivity index is 2.35. The lowest BCUT2D eigenvalue weighted by atomic mass is 10.1. The lowest BCUT2D eigenvalue weighted by Gasteiger charge is -2.21. The van der Waals surface area contributed by atoms with Crippen molar-refractivity contribution in [3.8, 4) is 0 Å². The highest BCUT2D eigenvalue weighted by molar-refractivity contribution is 6.55. The Bertz CT molecular complexity index is 658. The number of carbonyl (C=O) groups is 4. The summed E-state index contributed by atoms with van der Waals surface area (Å²) in [4.78, 5) is 47.0. The number of nitrogens with one attached hydrogen (secondary N) is 1. The summed E-state index contributed by atoms with van der Waals surface area (Å²) in [6, 6.07) is 3.20. The van der Waals surface area contributed by atoms with Crippen LogP contribution < -0.4 is 10.2 Å². The van der Waals surface area contributed by atoms with Gasteiger partial charge in [-0.2, -0.15) is 0 Å². The highest BCUT2D eigenvalue weighted by Crippen LogP contribution is 2.34. The topological polar surface area (TPSA) is 104 Å². The Morgan fingerprint density at radius 1 is 1.38 bits per heavy atom. The molecule has 1 atom stereocenters. The second kappa shape index (κ2) is 5.53. The highest BCUT2D eigenvalue weighted by atomic mass is 35.5. The van der Waals surface area contributed by atoms with E-state index in [4.69, 9.17) is 16.7 Å². The maximum absolute atomic E-state index is 12.0. The predicted molar refractivity (Wildman–Crippen MR) is 73.4 cm³/mol. The van der Waals surface area contributed by atoms with E-state index in [1.807, 2.05) is 0 Å². The molecule has 1 heterocycles. The quantitative estimate of drug-likeness (QED) is 0.786. The number of Topliss-reactive ketones (excluding diaryl/α,β-unsaturated/α-hetero) is 1. The van der Waals surface area contributed by atoms with Crippen LogP contribution in [0.15, 0.2) is 18.2 Å². The van der Waals surface area contributed by atoms with Crippen molar-refractivity contribution < 1.29 is 24.3 Å². The second-order valence-electron chi connectivity index (χ2n) is 4.47. The molecule has 1 aromatic carbocycles. The van der Waals surface area contributed by atoms with Crippen LogP contribution in [0.25, 0.3) is 0 Å². The van der Waals surface area contributed by atoms with Crippen LogP contribution in [0.1, 0.15) is 17.3 Å². The maximum atomic E-state index is 12.0. The second-order valence-corrected chi connectivity index (χ2v) is 4.88. The number of nitrogens with zero attached hydrogens (tertiary/aromatic N) is 1. The normalized spacial score (nSPS) is 14.9. The van der Waals surface area contributed by atoms with E-state index >= 15 is 0 Å². The van der Waals surface area contributed by atoms with Gasteiger partial charge in [-0.05, 0) is 12.1 Å². The molecule has 8 heteroatoms. The molecule has 110 valence electrons. The van der Waals surface area contributed by atoms with Crippen LogP contribution in [0, 0.1) is 0 Å². The van der Waals surface area contributed by atoms with Crippen molar-refractivity contribution in [1.82, 2.24) is 5.32 Å². The van der Waals surface area contributed by atoms with E-state index in [2.05, 4.69) is 5.32 Å². The van der Waals surface area contributed by atoms with Crippen LogP contribution in [0.3, 0.4) is 0 Å². The monoisotopic (exact) mass is 310 g/mol. The first-order chi connectivity index (χ1) is 9.82. The van der Waals surface area contributed by atoms with Crippen LogP contribution >= 0.6 is 11.6 Å². The predicted octanol–water partition coefficient (Wildman–Crippen LogP) is 0.459. The molecule has 0 saturated heterocycles. The third-order valence-corrected chi connectivity index (χ3v) is 3.30. The first-order valence-corrected chi connectivity index (χ1v) is 6.35. The molecular weight excluding hydrogens is 300 g/mol. The number of ketones is 1. The van der Waals surface area contributed by atoms with Gasteiger partial charge in [0.25, 0.3) is 11.7 Å². The number of halogens is 1. The number of anilines is 1. The number of rotatable bonds is 4. The smallest absolute Gasteiger partial charge is 0.328 e. The summed E-state index contributed by atoms with van der Waals surface area (Å²) >= 11 is 5.89. The summed E-state index contributed by atoms with van der Waals surface area (Å²) in [7, 11) is 0. The van der Waals surface area contributed by atoms with Gasteiger partial charge in [-0.1, -0.05) is 17.7 Å². The zero-order valence-corrected chi connectivity index (χ0v) is 11.7. The van der Waals surface area contributed by atoms with E-state index in [0.29, 0.717) is 0 Å². The number of hydrogen-bond donors (Lipinski definition) is 2. The van der Waals surface area contributed by atoms with E-state index in [9.17, 15) is 19.2 Å². The minimum atomic E-state index is -1.32. The minimum Gasteiger partial charge on any atom is -0.480 e. The number of aliphatic carboxylic acids is 1. The fourth-order valence-electron chi connectivity index (χ4n) is 2.10. The molecule has 0 fully saturated rings. The van der Waals surface area contributed by atoms with Gasteiger partial charge < -0.3 is 15.3 Å². The van der Waals surface area contributed by atoms with E-state index in [-0.39, 0.29) is 22.8 Å². The molecule has 0 spiro atoms. The average molecular weight is 311 g/mol. The van der Waals surface area contributed by atoms with Gasteiger partial charge in [0.1, 0.15) is 6.04 Å². The fraction of sp³-hybridized carbons (Fsp3) is 0.231. The Morgan fingerprint density at radius 2 is 2.05 bits per heavy atom. The van der Waals surface area contributed by atoms with Crippen molar-refractivity contribution in [2.24, 2.45) is 0 Å². The number of carboxylic acids is 1. The number of hydrogen-bond acceptors (Lipinski definition) is 4. The van der Waals surface area contributed by atoms with Gasteiger partial charge in [0, 0.05) is 6.92 Å². The molecule has 1 aliphatic heterocycles. The van der Waals surface area contributed by atoms with Crippen molar-refractivity contribution >= 4 is 40.9 Å². The van der Waals surface area contributed by atoms with Gasteiger partial charge >= 0.3 is 5.97 Å². The lowest BCUT2D eigenvalue weighted by Crippen LogP contribution is -2.49. The van der Waals surface area contributed by atoms with Crippen LogP contribution in [-0.2, 0) is 14.4 Å². The molecule has 1 aromatic rings. The van der Waals surface area contributed by atoms with Crippen LogP contribution in [0.2, 0.25) is 5.02 Å². The van der Waals surface area contributed by atoms with Crippen LogP contribution in [0.4, 0.5) is 5.69 Å². The Labute approximate surface area is 124 Å². The number of amides is 2. The van der Waals surface area contributed by atoms with Gasteiger partial charge in [-0.25, -0.2) is 4.79 Å². The Hall–Kier alpha value is -2.41. The molecule has 2 N–H and O–H groups in total. The third kappa shape index (κ3) is 2.73. The molecule has 0 saturated carbocycles. The molecule has 0 aromatic heterocycles. The van der Waals surface area contributed by atoms with E-state index in [1.165, 1.54) is 12.1 Å². The van der Waals surface area contributed by atoms with Crippen molar-refractivity contribution in [2.45, 2.75) is 13.0 Å². The molecule has 2 rings (SSSR count). The molecule has 0 radical (unpaired) electrons.